The van der Waals surface area contributed by atoms with Gasteiger partial charge in [-0.3, -0.25) is 4.89 Å². The molecule has 0 aliphatic carbocycles. The molecule has 0 atom stereocenters. The SMILES string of the molecule is CCCCS(=O)(=O)[NH2+][O-]. The third-order valence-electron chi connectivity index (χ3n) is 0.929. The summed E-state index contributed by atoms with van der Waals surface area (Å²) in [5.74, 6) is -0.00694. The lowest BCUT2D eigenvalue weighted by Gasteiger charge is -2.00. The Bertz CT molecular complexity index is 151. The Labute approximate surface area is 54.9 Å². The Hall–Kier alpha value is -0.130. The fourth-order valence-corrected chi connectivity index (χ4v) is 1.18. The van der Waals surface area contributed by atoms with E-state index in [1.54, 1.807) is 0 Å². The number of quaternary nitrogens is 1. The van der Waals surface area contributed by atoms with Gasteiger partial charge >= 0.3 is 0 Å². The molecule has 0 aromatic rings. The predicted molar refractivity (Wildman–Crippen MR) is 34.0 cm³/mol. The van der Waals surface area contributed by atoms with Gasteiger partial charge in [0.2, 0.25) is 0 Å². The van der Waals surface area contributed by atoms with Gasteiger partial charge in [-0.15, -0.1) is 0 Å². The second-order valence-electron chi connectivity index (χ2n) is 1.82. The Morgan fingerprint density at radius 1 is 1.56 bits per heavy atom. The van der Waals surface area contributed by atoms with Gasteiger partial charge in [0.05, 0.1) is 0 Å². The first kappa shape index (κ1) is 8.87. The van der Waals surface area contributed by atoms with E-state index in [1.165, 1.54) is 0 Å². The quantitative estimate of drug-likeness (QED) is 0.536. The molecule has 0 bridgehead atoms. The summed E-state index contributed by atoms with van der Waals surface area (Å²) in [6.07, 6.45) is 1.37. The summed E-state index contributed by atoms with van der Waals surface area (Å²) >= 11 is 0. The van der Waals surface area contributed by atoms with Crippen molar-refractivity contribution in [3.8, 4) is 0 Å². The number of primary sulfonamides is 1. The first-order valence-electron chi connectivity index (χ1n) is 2.80. The van der Waals surface area contributed by atoms with Gasteiger partial charge in [-0.25, -0.2) is 0 Å². The Morgan fingerprint density at radius 2 is 2.11 bits per heavy atom. The summed E-state index contributed by atoms with van der Waals surface area (Å²) in [5.41, 5.74) is 0. The minimum absolute atomic E-state index is 0.00694. The minimum Gasteiger partial charge on any atom is -0.620 e. The first-order valence-corrected chi connectivity index (χ1v) is 4.52. The fraction of sp³-hybridized carbons (Fsp3) is 1.00. The van der Waals surface area contributed by atoms with Crippen LogP contribution in [0.3, 0.4) is 0 Å². The molecule has 0 spiro atoms. The predicted octanol–water partition coefficient (Wildman–Crippen LogP) is -0.822. The zero-order valence-electron chi connectivity index (χ0n) is 5.33. The molecule has 0 aliphatic rings. The van der Waals surface area contributed by atoms with Crippen molar-refractivity contribution in [2.45, 2.75) is 19.8 Å². The van der Waals surface area contributed by atoms with E-state index in [9.17, 15) is 13.6 Å². The van der Waals surface area contributed by atoms with E-state index in [4.69, 9.17) is 0 Å². The van der Waals surface area contributed by atoms with Crippen molar-refractivity contribution >= 4 is 10.0 Å². The van der Waals surface area contributed by atoms with E-state index in [1.807, 2.05) is 6.92 Å². The second kappa shape index (κ2) is 3.81. The summed E-state index contributed by atoms with van der Waals surface area (Å²) in [6, 6.07) is 0. The standard InChI is InChI=1S/C4H11NO3S/c1-2-3-4-9(7,8)5-6/h2-5H2,1H3. The summed E-state index contributed by atoms with van der Waals surface area (Å²) < 4.78 is 20.8. The zero-order valence-corrected chi connectivity index (χ0v) is 6.15. The molecule has 0 aliphatic heterocycles. The van der Waals surface area contributed by atoms with Crippen LogP contribution in [-0.2, 0) is 10.0 Å². The van der Waals surface area contributed by atoms with Crippen LogP contribution in [0.1, 0.15) is 19.8 Å². The highest BCUT2D eigenvalue weighted by molar-refractivity contribution is 7.84. The third kappa shape index (κ3) is 4.38. The highest BCUT2D eigenvalue weighted by Gasteiger charge is 2.05. The molecule has 0 heterocycles. The topological polar surface area (TPSA) is 73.8 Å². The molecule has 0 saturated heterocycles. The van der Waals surface area contributed by atoms with Crippen molar-refractivity contribution in [2.75, 3.05) is 5.75 Å². The first-order chi connectivity index (χ1) is 4.12. The van der Waals surface area contributed by atoms with E-state index in [0.29, 0.717) is 6.42 Å². The maximum atomic E-state index is 10.4. The second-order valence-corrected chi connectivity index (χ2v) is 3.74. The number of hydrogen-bond acceptors (Lipinski definition) is 3. The molecule has 0 amide bonds. The molecule has 0 radical (unpaired) electrons. The average molecular weight is 153 g/mol. The van der Waals surface area contributed by atoms with Crippen LogP contribution >= 0.6 is 0 Å². The highest BCUT2D eigenvalue weighted by atomic mass is 32.2. The lowest BCUT2D eigenvalue weighted by molar-refractivity contribution is -0.416. The molecule has 0 unspecified atom stereocenters. The van der Waals surface area contributed by atoms with E-state index in [-0.39, 0.29) is 10.6 Å². The van der Waals surface area contributed by atoms with Gasteiger partial charge in [0.1, 0.15) is 5.75 Å². The van der Waals surface area contributed by atoms with E-state index < -0.39 is 10.0 Å². The number of sulfonamides is 1. The van der Waals surface area contributed by atoms with Crippen LogP contribution in [0.15, 0.2) is 0 Å². The molecular weight excluding hydrogens is 142 g/mol. The Balaban J connectivity index is 3.61. The maximum absolute atomic E-state index is 10.4. The normalized spacial score (nSPS) is 11.8. The minimum atomic E-state index is -3.36. The lowest BCUT2D eigenvalue weighted by atomic mass is 10.4. The van der Waals surface area contributed by atoms with E-state index in [2.05, 4.69) is 0 Å². The molecule has 5 heteroatoms. The molecule has 56 valence electrons. The largest absolute Gasteiger partial charge is 0.620 e. The monoisotopic (exact) mass is 153 g/mol. The van der Waals surface area contributed by atoms with Crippen LogP contribution in [0.25, 0.3) is 0 Å². The molecule has 9 heavy (non-hydrogen) atoms. The molecule has 0 fully saturated rings. The van der Waals surface area contributed by atoms with Crippen molar-refractivity contribution in [2.24, 2.45) is 0 Å². The number of unbranched alkanes of at least 4 members (excludes halogenated alkanes) is 1. The van der Waals surface area contributed by atoms with Crippen molar-refractivity contribution in [3.63, 3.8) is 0 Å². The van der Waals surface area contributed by atoms with Crippen molar-refractivity contribution < 1.29 is 13.3 Å². The van der Waals surface area contributed by atoms with Crippen molar-refractivity contribution in [1.29, 1.82) is 0 Å². The lowest BCUT2D eigenvalue weighted by Crippen LogP contribution is -2.81. The van der Waals surface area contributed by atoms with Gasteiger partial charge in [-0.1, -0.05) is 13.3 Å². The van der Waals surface area contributed by atoms with Crippen LogP contribution in [0.5, 0.6) is 0 Å². The average Bonchev–Trinajstić information content (AvgIpc) is 1.84. The smallest absolute Gasteiger partial charge is 0.293 e. The molecule has 4 nitrogen and oxygen atoms in total. The van der Waals surface area contributed by atoms with Crippen LogP contribution in [0.2, 0.25) is 0 Å². The number of nitrogens with two attached hydrogens (primary N) is 1. The van der Waals surface area contributed by atoms with Crippen molar-refractivity contribution in [1.82, 2.24) is 0 Å². The zero-order chi connectivity index (χ0) is 7.33. The van der Waals surface area contributed by atoms with Crippen LogP contribution < -0.4 is 4.89 Å². The van der Waals surface area contributed by atoms with Gasteiger partial charge in [0.25, 0.3) is 10.0 Å². The maximum Gasteiger partial charge on any atom is 0.293 e. The van der Waals surface area contributed by atoms with Gasteiger partial charge in [0, 0.05) is 0 Å². The molecule has 0 saturated carbocycles. The van der Waals surface area contributed by atoms with Crippen LogP contribution in [0, 0.1) is 5.21 Å². The van der Waals surface area contributed by atoms with E-state index >= 15 is 0 Å². The summed E-state index contributed by atoms with van der Waals surface area (Å²) in [4.78, 5) is 0.0165. The summed E-state index contributed by atoms with van der Waals surface area (Å²) in [6.45, 7) is 1.88. The Morgan fingerprint density at radius 3 is 2.44 bits per heavy atom. The molecule has 2 N–H and O–H groups in total. The Kier molecular flexibility index (Phi) is 3.76. The number of hydrogen-bond donors (Lipinski definition) is 1. The fourth-order valence-electron chi connectivity index (χ4n) is 0.394. The number of rotatable bonds is 4. The summed E-state index contributed by atoms with van der Waals surface area (Å²) in [5, 5.41) is 9.74. The van der Waals surface area contributed by atoms with Crippen molar-refractivity contribution in [3.05, 3.63) is 5.21 Å². The van der Waals surface area contributed by atoms with Gasteiger partial charge in [-0.2, -0.15) is 8.42 Å². The molecular formula is C4H11NO3S. The molecule has 0 aromatic carbocycles. The molecule has 0 aromatic heterocycles. The van der Waals surface area contributed by atoms with Gasteiger partial charge < -0.3 is 5.21 Å². The van der Waals surface area contributed by atoms with Gasteiger partial charge in [-0.05, 0) is 6.42 Å². The third-order valence-corrected chi connectivity index (χ3v) is 2.08. The molecule has 0 rings (SSSR count). The van der Waals surface area contributed by atoms with Crippen LogP contribution in [-0.4, -0.2) is 14.2 Å². The van der Waals surface area contributed by atoms with Crippen LogP contribution in [0.4, 0.5) is 0 Å². The summed E-state index contributed by atoms with van der Waals surface area (Å²) in [7, 11) is -3.36. The van der Waals surface area contributed by atoms with Gasteiger partial charge in [0.15, 0.2) is 0 Å². The highest BCUT2D eigenvalue weighted by Crippen LogP contribution is 1.87. The van der Waals surface area contributed by atoms with E-state index in [0.717, 1.165) is 6.42 Å².